The Bertz CT molecular complexity index is 473. The number of hydrogen-bond donors (Lipinski definition) is 1. The Morgan fingerprint density at radius 1 is 1.40 bits per heavy atom. The molecule has 2 aromatic rings. The van der Waals surface area contributed by atoms with Crippen molar-refractivity contribution < 1.29 is 13.2 Å². The number of hydrogen-bond acceptors (Lipinski definition) is 3. The van der Waals surface area contributed by atoms with Crippen LogP contribution in [0.2, 0.25) is 0 Å². The average Bonchev–Trinajstić information content (AvgIpc) is 2.59. The number of nitrogens with zero attached hydrogens (tertiary/aromatic N) is 1. The van der Waals surface area contributed by atoms with E-state index in [4.69, 9.17) is 10.2 Å². The summed E-state index contributed by atoms with van der Waals surface area (Å²) in [5, 5.41) is 0. The molecule has 80 valence electrons. The maximum atomic E-state index is 12.4. The van der Waals surface area contributed by atoms with Crippen LogP contribution in [0.4, 0.5) is 8.78 Å². The van der Waals surface area contributed by atoms with Gasteiger partial charge in [0.1, 0.15) is 5.52 Å². The highest BCUT2D eigenvalue weighted by Gasteiger charge is 2.12. The van der Waals surface area contributed by atoms with Gasteiger partial charge in [-0.1, -0.05) is 0 Å². The average molecular weight is 212 g/mol. The first kappa shape index (κ1) is 10.0. The van der Waals surface area contributed by atoms with Gasteiger partial charge in [-0.3, -0.25) is 0 Å². The number of rotatable bonds is 2. The highest BCUT2D eigenvalue weighted by molar-refractivity contribution is 5.73. The quantitative estimate of drug-likeness (QED) is 0.832. The SMILES string of the molecule is CC(N)c1nc2cc(C(F)F)ccc2o1. The maximum Gasteiger partial charge on any atom is 0.263 e. The summed E-state index contributed by atoms with van der Waals surface area (Å²) in [6.45, 7) is 1.72. The Balaban J connectivity index is 2.52. The van der Waals surface area contributed by atoms with E-state index in [0.717, 1.165) is 0 Å². The molecule has 1 unspecified atom stereocenters. The number of halogens is 2. The molecule has 2 N–H and O–H groups in total. The van der Waals surface area contributed by atoms with Crippen molar-refractivity contribution >= 4 is 11.1 Å². The Hall–Kier alpha value is -1.49. The molecule has 3 nitrogen and oxygen atoms in total. The summed E-state index contributed by atoms with van der Waals surface area (Å²) in [4.78, 5) is 4.03. The summed E-state index contributed by atoms with van der Waals surface area (Å²) in [7, 11) is 0. The molecule has 0 aliphatic heterocycles. The molecule has 0 radical (unpaired) electrons. The molecule has 0 saturated carbocycles. The summed E-state index contributed by atoms with van der Waals surface area (Å²) in [6, 6.07) is 3.78. The van der Waals surface area contributed by atoms with Crippen molar-refractivity contribution in [2.45, 2.75) is 19.4 Å². The van der Waals surface area contributed by atoms with Crippen molar-refractivity contribution in [2.24, 2.45) is 5.73 Å². The van der Waals surface area contributed by atoms with Crippen LogP contribution in [-0.2, 0) is 0 Å². The molecule has 0 amide bonds. The third-order valence-electron chi connectivity index (χ3n) is 2.07. The van der Waals surface area contributed by atoms with E-state index in [-0.39, 0.29) is 11.6 Å². The third-order valence-corrected chi connectivity index (χ3v) is 2.07. The van der Waals surface area contributed by atoms with Gasteiger partial charge in [-0.15, -0.1) is 0 Å². The van der Waals surface area contributed by atoms with Crippen molar-refractivity contribution in [3.05, 3.63) is 29.7 Å². The van der Waals surface area contributed by atoms with E-state index < -0.39 is 6.43 Å². The van der Waals surface area contributed by atoms with Gasteiger partial charge in [-0.2, -0.15) is 0 Å². The van der Waals surface area contributed by atoms with Crippen molar-refractivity contribution in [3.63, 3.8) is 0 Å². The zero-order valence-electron chi connectivity index (χ0n) is 8.08. The number of alkyl halides is 2. The number of benzene rings is 1. The molecule has 0 aliphatic rings. The van der Waals surface area contributed by atoms with Crippen LogP contribution < -0.4 is 5.73 Å². The van der Waals surface area contributed by atoms with Gasteiger partial charge in [-0.05, 0) is 25.1 Å². The van der Waals surface area contributed by atoms with E-state index in [1.54, 1.807) is 6.92 Å². The van der Waals surface area contributed by atoms with Gasteiger partial charge in [-0.25, -0.2) is 13.8 Å². The monoisotopic (exact) mass is 212 g/mol. The zero-order valence-corrected chi connectivity index (χ0v) is 8.08. The van der Waals surface area contributed by atoms with Crippen LogP contribution in [0.15, 0.2) is 22.6 Å². The minimum atomic E-state index is -2.50. The molecule has 1 heterocycles. The van der Waals surface area contributed by atoms with Crippen LogP contribution in [0, 0.1) is 0 Å². The molecule has 0 aliphatic carbocycles. The highest BCUT2D eigenvalue weighted by atomic mass is 19.3. The largest absolute Gasteiger partial charge is 0.439 e. The van der Waals surface area contributed by atoms with Gasteiger partial charge < -0.3 is 10.2 Å². The standard InChI is InChI=1S/C10H10F2N2O/c1-5(13)10-14-7-4-6(9(11)12)2-3-8(7)15-10/h2-5,9H,13H2,1H3. The summed E-state index contributed by atoms with van der Waals surface area (Å²) in [5.74, 6) is 0.358. The molecule has 15 heavy (non-hydrogen) atoms. The predicted molar refractivity (Wildman–Crippen MR) is 51.6 cm³/mol. The first-order chi connectivity index (χ1) is 7.08. The number of oxazole rings is 1. The van der Waals surface area contributed by atoms with Crippen LogP contribution in [-0.4, -0.2) is 4.98 Å². The normalized spacial score (nSPS) is 13.7. The second-order valence-corrected chi connectivity index (χ2v) is 3.37. The molecule has 0 saturated heterocycles. The molecule has 0 bridgehead atoms. The molecule has 0 spiro atoms. The Morgan fingerprint density at radius 3 is 2.73 bits per heavy atom. The van der Waals surface area contributed by atoms with Gasteiger partial charge in [0.25, 0.3) is 6.43 Å². The third kappa shape index (κ3) is 1.83. The van der Waals surface area contributed by atoms with E-state index in [1.165, 1.54) is 18.2 Å². The Labute approximate surface area is 84.9 Å². The number of aromatic nitrogens is 1. The minimum absolute atomic E-state index is 0.0629. The fraction of sp³-hybridized carbons (Fsp3) is 0.300. The summed E-state index contributed by atoms with van der Waals surface area (Å²) < 4.78 is 30.0. The fourth-order valence-corrected chi connectivity index (χ4v) is 1.29. The molecule has 5 heteroatoms. The molecular formula is C10H10F2N2O. The van der Waals surface area contributed by atoms with Crippen LogP contribution in [0.1, 0.15) is 30.8 Å². The maximum absolute atomic E-state index is 12.4. The molecule has 0 fully saturated rings. The molecule has 1 atom stereocenters. The predicted octanol–water partition coefficient (Wildman–Crippen LogP) is 2.79. The van der Waals surface area contributed by atoms with Gasteiger partial charge in [0, 0.05) is 5.56 Å². The van der Waals surface area contributed by atoms with E-state index in [9.17, 15) is 8.78 Å². The van der Waals surface area contributed by atoms with Gasteiger partial charge in [0.2, 0.25) is 5.89 Å². The second kappa shape index (κ2) is 3.58. The van der Waals surface area contributed by atoms with Crippen molar-refractivity contribution in [3.8, 4) is 0 Å². The lowest BCUT2D eigenvalue weighted by Gasteiger charge is -1.96. The Morgan fingerprint density at radius 2 is 2.13 bits per heavy atom. The van der Waals surface area contributed by atoms with E-state index >= 15 is 0 Å². The smallest absolute Gasteiger partial charge is 0.263 e. The van der Waals surface area contributed by atoms with Gasteiger partial charge >= 0.3 is 0 Å². The van der Waals surface area contributed by atoms with E-state index in [0.29, 0.717) is 17.0 Å². The summed E-state index contributed by atoms with van der Waals surface area (Å²) in [5.41, 5.74) is 6.40. The lowest BCUT2D eigenvalue weighted by atomic mass is 10.2. The van der Waals surface area contributed by atoms with E-state index in [1.807, 2.05) is 0 Å². The van der Waals surface area contributed by atoms with E-state index in [2.05, 4.69) is 4.98 Å². The minimum Gasteiger partial charge on any atom is -0.439 e. The summed E-state index contributed by atoms with van der Waals surface area (Å²) in [6.07, 6.45) is -2.50. The molecule has 1 aromatic heterocycles. The van der Waals surface area contributed by atoms with Crippen molar-refractivity contribution in [1.82, 2.24) is 4.98 Å². The van der Waals surface area contributed by atoms with Crippen LogP contribution in [0.25, 0.3) is 11.1 Å². The van der Waals surface area contributed by atoms with Crippen molar-refractivity contribution in [1.29, 1.82) is 0 Å². The van der Waals surface area contributed by atoms with Gasteiger partial charge in [0.15, 0.2) is 5.58 Å². The lowest BCUT2D eigenvalue weighted by Crippen LogP contribution is -2.04. The number of nitrogens with two attached hydrogens (primary N) is 1. The molecule has 2 rings (SSSR count). The Kier molecular flexibility index (Phi) is 2.40. The number of fused-ring (bicyclic) bond motifs is 1. The molecular weight excluding hydrogens is 202 g/mol. The van der Waals surface area contributed by atoms with Crippen LogP contribution in [0.3, 0.4) is 0 Å². The topological polar surface area (TPSA) is 52.0 Å². The second-order valence-electron chi connectivity index (χ2n) is 3.37. The zero-order chi connectivity index (χ0) is 11.0. The van der Waals surface area contributed by atoms with Crippen LogP contribution in [0.5, 0.6) is 0 Å². The first-order valence-corrected chi connectivity index (χ1v) is 4.52. The first-order valence-electron chi connectivity index (χ1n) is 4.52. The lowest BCUT2D eigenvalue weighted by molar-refractivity contribution is 0.151. The van der Waals surface area contributed by atoms with Crippen LogP contribution >= 0.6 is 0 Å². The summed E-state index contributed by atoms with van der Waals surface area (Å²) >= 11 is 0. The molecule has 1 aromatic carbocycles. The fourth-order valence-electron chi connectivity index (χ4n) is 1.29. The van der Waals surface area contributed by atoms with Crippen molar-refractivity contribution in [2.75, 3.05) is 0 Å². The highest BCUT2D eigenvalue weighted by Crippen LogP contribution is 2.25. The van der Waals surface area contributed by atoms with Gasteiger partial charge in [0.05, 0.1) is 6.04 Å².